The monoisotopic (exact) mass is 1760 g/mol. The minimum Gasteiger partial charge on any atom is -0.481 e. The van der Waals surface area contributed by atoms with Crippen molar-refractivity contribution in [3.63, 3.8) is 0 Å². The number of primary amides is 4. The van der Waals surface area contributed by atoms with Crippen molar-refractivity contribution in [2.75, 3.05) is 6.61 Å². The molecule has 1 rings (SSSR count). The second-order valence-electron chi connectivity index (χ2n) is 35.2. The standard InChI is InChI=1S/C84H146N18O22/c1-18-20-21-22-23-24-25-26-66(107)89-56(37-43(3)4)76(115)94-55(31-36-67(108)109)71(110)90-53(29-34-64(87)105)74(113)100-68(48(13)14)82(121)97-60(41-47(11)12)79(118)92-52(28-33-63(86)104)73(112)99-61-42-124-84(123)70(50(17)19-2)102-75(114)54(30-35-65(88)106)93-77(116)57(38-44(5)6)96-80(119)58(39-45(7)8)95-72(111)51(27-32-62(85)103)91-78(117)59(40-46(9)10)98-83(122)69(49(15)16)101-81(61)120/h43-61,68-70H,18-42H2,1-17H3,(H2,85,103)(H2,86,104)(H2,87,105)(H2,88,106)(H,89,107)(H,90,110)(H,91,117)(H,92,118)(H,93,116)(H,94,115)(H,95,111)(H,96,119)(H,97,121)(H,98,122)(H,99,112)(H,100,113)(H,101,120)(H,102,114)(H,108,109)/t50-,51+,52-,53+,54+,55+,56-,57-,58-,59+,60+,61+,68+,69+,70-/m0/s1. The molecular weight excluding hydrogens is 1610 g/mol. The normalized spacial score (nSPS) is 20.4. The SMILES string of the molecule is CCCCCCCCCC(=O)N[C@@H](CC(C)C)C(=O)N[C@H](CCC(=O)O)C(=O)N[C@H](CCC(N)=O)C(=O)N[C@@H](C(=O)N[C@H](CC(C)C)C(=O)N[C@@H](CCC(N)=O)C(=O)N[C@@H]1COC(=O)[C@H]([C@@H](C)CC)NC(=O)[C@@H](CCC(N)=O)NC(=O)[C@H](CC(C)C)NC(=O)[C@H](CC(C)C)NC(=O)[C@@H](CCC(N)=O)NC(=O)[C@@H](CC(C)C)NC(=O)[C@@H](C(C)C)NC1=O)C(C)C. The van der Waals surface area contributed by atoms with Crippen molar-refractivity contribution >= 4 is 118 Å². The Morgan fingerprint density at radius 2 is 0.734 bits per heavy atom. The average Bonchev–Trinajstić information content (AvgIpc) is 0.983. The first kappa shape index (κ1) is 111. The van der Waals surface area contributed by atoms with Gasteiger partial charge in [0.2, 0.25) is 106 Å². The minimum absolute atomic E-state index is 0.0444. The molecule has 23 N–H and O–H groups in total. The maximum Gasteiger partial charge on any atom is 0.329 e. The van der Waals surface area contributed by atoms with Crippen molar-refractivity contribution < 1.29 is 106 Å². The van der Waals surface area contributed by atoms with Crippen LogP contribution in [0.25, 0.3) is 0 Å². The van der Waals surface area contributed by atoms with Crippen molar-refractivity contribution in [3.8, 4) is 0 Å². The molecule has 704 valence electrons. The van der Waals surface area contributed by atoms with E-state index in [1.165, 1.54) is 34.6 Å². The Morgan fingerprint density at radius 3 is 1.13 bits per heavy atom. The van der Waals surface area contributed by atoms with E-state index in [2.05, 4.69) is 81.4 Å². The minimum atomic E-state index is -2.10. The van der Waals surface area contributed by atoms with Gasteiger partial charge in [-0.05, 0) is 118 Å². The first-order chi connectivity index (χ1) is 57.9. The molecule has 0 aromatic carbocycles. The smallest absolute Gasteiger partial charge is 0.329 e. The molecule has 40 nitrogen and oxygen atoms in total. The molecule has 0 aromatic heterocycles. The number of aliphatic carboxylic acids is 1. The Bertz CT molecular complexity index is 3590. The molecule has 1 aliphatic heterocycles. The van der Waals surface area contributed by atoms with E-state index in [9.17, 15) is 91.4 Å². The van der Waals surface area contributed by atoms with Gasteiger partial charge in [0.25, 0.3) is 0 Å². The zero-order valence-electron chi connectivity index (χ0n) is 75.7. The number of cyclic esters (lactones) is 1. The molecular formula is C84H146N18O22. The summed E-state index contributed by atoms with van der Waals surface area (Å²) in [6.07, 6.45) is 1.18. The van der Waals surface area contributed by atoms with Crippen molar-refractivity contribution in [2.45, 2.75) is 356 Å². The van der Waals surface area contributed by atoms with Gasteiger partial charge in [-0.3, -0.25) is 91.1 Å². The number of carbonyl (C=O) groups is 20. The van der Waals surface area contributed by atoms with E-state index in [4.69, 9.17) is 27.7 Å². The van der Waals surface area contributed by atoms with E-state index in [-0.39, 0.29) is 68.6 Å². The summed E-state index contributed by atoms with van der Waals surface area (Å²) in [6, 6.07) is -22.6. The Kier molecular flexibility index (Phi) is 51.9. The lowest BCUT2D eigenvalue weighted by Gasteiger charge is -2.30. The van der Waals surface area contributed by atoms with Gasteiger partial charge in [-0.15, -0.1) is 0 Å². The van der Waals surface area contributed by atoms with E-state index in [1.807, 2.05) is 0 Å². The van der Waals surface area contributed by atoms with Crippen LogP contribution in [0.3, 0.4) is 0 Å². The Hall–Kier alpha value is -10.6. The van der Waals surface area contributed by atoms with E-state index in [0.29, 0.717) is 6.42 Å². The summed E-state index contributed by atoms with van der Waals surface area (Å²) in [5.41, 5.74) is 22.2. The highest BCUT2D eigenvalue weighted by Gasteiger charge is 2.41. The highest BCUT2D eigenvalue weighted by molar-refractivity contribution is 6.01. The number of esters is 1. The lowest BCUT2D eigenvalue weighted by Crippen LogP contribution is -2.62. The molecule has 0 bridgehead atoms. The number of carboxylic acid groups (broad SMARTS) is 1. The maximum absolute atomic E-state index is 15.1. The molecule has 1 aliphatic rings. The molecule has 124 heavy (non-hydrogen) atoms. The van der Waals surface area contributed by atoms with E-state index in [1.54, 1.807) is 76.2 Å². The van der Waals surface area contributed by atoms with Crippen LogP contribution >= 0.6 is 0 Å². The van der Waals surface area contributed by atoms with Gasteiger partial charge in [0.05, 0.1) is 0 Å². The molecule has 1 heterocycles. The van der Waals surface area contributed by atoms with Crippen LogP contribution in [0, 0.1) is 47.3 Å². The number of hydrogen-bond acceptors (Lipinski definition) is 21. The number of carboxylic acids is 1. The van der Waals surface area contributed by atoms with Crippen molar-refractivity contribution in [1.82, 2.24) is 74.4 Å². The molecule has 15 atom stereocenters. The van der Waals surface area contributed by atoms with Gasteiger partial charge in [0.15, 0.2) is 0 Å². The summed E-state index contributed by atoms with van der Waals surface area (Å²) in [4.78, 5) is 280. The summed E-state index contributed by atoms with van der Waals surface area (Å²) in [5, 5.41) is 45.7. The third-order valence-corrected chi connectivity index (χ3v) is 20.5. The van der Waals surface area contributed by atoms with Crippen molar-refractivity contribution in [2.24, 2.45) is 70.3 Å². The molecule has 1 saturated heterocycles. The first-order valence-electron chi connectivity index (χ1n) is 43.7. The molecule has 0 aliphatic carbocycles. The predicted octanol–water partition coefficient (Wildman–Crippen LogP) is -0.0135. The summed E-state index contributed by atoms with van der Waals surface area (Å²) < 4.78 is 5.80. The number of ether oxygens (including phenoxy) is 1. The Balaban J connectivity index is 4.23. The fraction of sp³-hybridized carbons (Fsp3) is 0.762. The maximum atomic E-state index is 15.1. The lowest BCUT2D eigenvalue weighted by molar-refractivity contribution is -0.152. The molecule has 1 fully saturated rings. The van der Waals surface area contributed by atoms with Gasteiger partial charge < -0.3 is 107 Å². The fourth-order valence-corrected chi connectivity index (χ4v) is 13.4. The third kappa shape index (κ3) is 44.6. The third-order valence-electron chi connectivity index (χ3n) is 20.5. The van der Waals surface area contributed by atoms with Crippen LogP contribution in [-0.4, -0.2) is 215 Å². The van der Waals surface area contributed by atoms with Gasteiger partial charge in [-0.2, -0.15) is 0 Å². The molecule has 0 radical (unpaired) electrons. The first-order valence-corrected chi connectivity index (χ1v) is 43.7. The average molecular weight is 1760 g/mol. The lowest BCUT2D eigenvalue weighted by atomic mass is 9.97. The summed E-state index contributed by atoms with van der Waals surface area (Å²) in [7, 11) is 0. The van der Waals surface area contributed by atoms with Gasteiger partial charge in [-0.1, -0.05) is 163 Å². The van der Waals surface area contributed by atoms with Crippen LogP contribution in [0.4, 0.5) is 0 Å². The highest BCUT2D eigenvalue weighted by atomic mass is 16.5. The topological polar surface area (TPSA) is 643 Å². The van der Waals surface area contributed by atoms with E-state index < -0.39 is 297 Å². The second-order valence-corrected chi connectivity index (χ2v) is 35.2. The van der Waals surface area contributed by atoms with E-state index in [0.717, 1.165) is 38.5 Å². The summed E-state index contributed by atoms with van der Waals surface area (Å²) >= 11 is 0. The van der Waals surface area contributed by atoms with Crippen LogP contribution in [0.2, 0.25) is 0 Å². The van der Waals surface area contributed by atoms with Gasteiger partial charge >= 0.3 is 11.9 Å². The van der Waals surface area contributed by atoms with Crippen molar-refractivity contribution in [1.29, 1.82) is 0 Å². The molecule has 0 unspecified atom stereocenters. The largest absolute Gasteiger partial charge is 0.481 e. The van der Waals surface area contributed by atoms with Crippen LogP contribution < -0.4 is 97.4 Å². The number of nitrogens with one attached hydrogen (secondary N) is 14. The summed E-state index contributed by atoms with van der Waals surface area (Å²) in [6.45, 7) is 27.4. The quantitative estimate of drug-likeness (QED) is 0.0281. The number of amides is 18. The predicted molar refractivity (Wildman–Crippen MR) is 458 cm³/mol. The Morgan fingerprint density at radius 1 is 0.379 bits per heavy atom. The Labute approximate surface area is 728 Å². The second kappa shape index (κ2) is 57.8. The van der Waals surface area contributed by atoms with Gasteiger partial charge in [0.1, 0.15) is 91.2 Å². The molecule has 18 amide bonds. The molecule has 0 aromatic rings. The number of hydrogen-bond donors (Lipinski definition) is 19. The van der Waals surface area contributed by atoms with Crippen LogP contribution in [0.5, 0.6) is 0 Å². The van der Waals surface area contributed by atoms with Crippen LogP contribution in [0.15, 0.2) is 0 Å². The van der Waals surface area contributed by atoms with Crippen molar-refractivity contribution in [3.05, 3.63) is 0 Å². The van der Waals surface area contributed by atoms with Gasteiger partial charge in [0, 0.05) is 38.5 Å². The number of unbranched alkanes of at least 4 members (excludes halogenated alkanes) is 6. The fourth-order valence-electron chi connectivity index (χ4n) is 13.4. The van der Waals surface area contributed by atoms with Gasteiger partial charge in [-0.25, -0.2) is 4.79 Å². The molecule has 0 saturated carbocycles. The number of rotatable bonds is 50. The highest BCUT2D eigenvalue weighted by Crippen LogP contribution is 2.19. The number of nitrogens with two attached hydrogens (primary N) is 4. The zero-order chi connectivity index (χ0) is 94.5. The number of carbonyl (C=O) groups excluding carboxylic acids is 19. The molecule has 40 heteroatoms. The van der Waals surface area contributed by atoms with Crippen LogP contribution in [-0.2, 0) is 101 Å². The summed E-state index contributed by atoms with van der Waals surface area (Å²) in [5.74, 6) is -24.5. The molecule has 0 spiro atoms. The zero-order valence-corrected chi connectivity index (χ0v) is 75.7. The van der Waals surface area contributed by atoms with E-state index >= 15 is 9.59 Å². The van der Waals surface area contributed by atoms with Crippen LogP contribution in [0.1, 0.15) is 272 Å².